The Morgan fingerprint density at radius 2 is 2.04 bits per heavy atom. The number of carbonyl (C=O) groups excluding carboxylic acids is 1. The number of imidazole rings is 1. The van der Waals surface area contributed by atoms with Crippen molar-refractivity contribution < 1.29 is 4.79 Å². The van der Waals surface area contributed by atoms with Crippen LogP contribution in [0.2, 0.25) is 0 Å². The van der Waals surface area contributed by atoms with E-state index in [-0.39, 0.29) is 6.03 Å². The molecular weight excluding hydrogens is 326 g/mol. The van der Waals surface area contributed by atoms with Gasteiger partial charge in [-0.05, 0) is 35.4 Å². The van der Waals surface area contributed by atoms with Crippen LogP contribution in [0.5, 0.6) is 0 Å². The zero-order valence-corrected chi connectivity index (χ0v) is 14.4. The maximum atomic E-state index is 12.0. The highest BCUT2D eigenvalue weighted by molar-refractivity contribution is 5.73. The third kappa shape index (κ3) is 3.91. The summed E-state index contributed by atoms with van der Waals surface area (Å²) in [4.78, 5) is 20.4. The van der Waals surface area contributed by atoms with Gasteiger partial charge in [0, 0.05) is 31.7 Å². The zero-order valence-electron chi connectivity index (χ0n) is 14.4. The molecule has 0 radical (unpaired) electrons. The SMILES string of the molecule is O=C(NCc1ccc(-n2ccnc2)nc1)NC[C@H]1C[C@H]1c1ccccc1. The number of pyridine rings is 1. The zero-order chi connectivity index (χ0) is 17.8. The van der Waals surface area contributed by atoms with Gasteiger partial charge in [-0.3, -0.25) is 4.57 Å². The van der Waals surface area contributed by atoms with Gasteiger partial charge < -0.3 is 10.6 Å². The molecule has 6 nitrogen and oxygen atoms in total. The molecule has 0 unspecified atom stereocenters. The van der Waals surface area contributed by atoms with Gasteiger partial charge in [-0.2, -0.15) is 0 Å². The number of benzene rings is 1. The van der Waals surface area contributed by atoms with Crippen molar-refractivity contribution in [3.05, 3.63) is 78.5 Å². The quantitative estimate of drug-likeness (QED) is 0.720. The minimum Gasteiger partial charge on any atom is -0.338 e. The molecule has 0 bridgehead atoms. The van der Waals surface area contributed by atoms with Crippen LogP contribution in [0.25, 0.3) is 5.82 Å². The molecule has 6 heteroatoms. The summed E-state index contributed by atoms with van der Waals surface area (Å²) in [5.74, 6) is 1.92. The summed E-state index contributed by atoms with van der Waals surface area (Å²) in [5.41, 5.74) is 2.32. The Bertz CT molecular complexity index is 846. The molecule has 2 N–H and O–H groups in total. The van der Waals surface area contributed by atoms with Crippen LogP contribution in [-0.2, 0) is 6.54 Å². The van der Waals surface area contributed by atoms with Crippen molar-refractivity contribution in [2.75, 3.05) is 6.54 Å². The fourth-order valence-corrected chi connectivity index (χ4v) is 3.12. The minimum absolute atomic E-state index is 0.137. The van der Waals surface area contributed by atoms with Gasteiger partial charge in [0.05, 0.1) is 0 Å². The van der Waals surface area contributed by atoms with E-state index in [1.165, 1.54) is 5.56 Å². The monoisotopic (exact) mass is 347 g/mol. The molecule has 2 atom stereocenters. The van der Waals surface area contributed by atoms with Crippen LogP contribution in [-0.4, -0.2) is 27.1 Å². The summed E-state index contributed by atoms with van der Waals surface area (Å²) in [5, 5.41) is 5.85. The van der Waals surface area contributed by atoms with Crippen molar-refractivity contribution >= 4 is 6.03 Å². The molecule has 0 saturated heterocycles. The first-order valence-corrected chi connectivity index (χ1v) is 8.79. The third-order valence-corrected chi connectivity index (χ3v) is 4.71. The van der Waals surface area contributed by atoms with Crippen LogP contribution in [0.15, 0.2) is 67.4 Å². The maximum absolute atomic E-state index is 12.0. The lowest BCUT2D eigenvalue weighted by atomic mass is 10.1. The lowest BCUT2D eigenvalue weighted by Gasteiger charge is -2.08. The average Bonchev–Trinajstić information content (AvgIpc) is 3.26. The second-order valence-electron chi connectivity index (χ2n) is 6.57. The van der Waals surface area contributed by atoms with Gasteiger partial charge >= 0.3 is 6.03 Å². The summed E-state index contributed by atoms with van der Waals surface area (Å²) in [6.45, 7) is 1.17. The Labute approximate surface area is 152 Å². The van der Waals surface area contributed by atoms with Gasteiger partial charge in [-0.25, -0.2) is 14.8 Å². The van der Waals surface area contributed by atoms with Gasteiger partial charge in [-0.1, -0.05) is 36.4 Å². The topological polar surface area (TPSA) is 71.8 Å². The molecule has 4 rings (SSSR count). The summed E-state index contributed by atoms with van der Waals surface area (Å²) in [6.07, 6.45) is 8.16. The number of carbonyl (C=O) groups is 1. The van der Waals surface area contributed by atoms with Gasteiger partial charge in [0.2, 0.25) is 0 Å². The van der Waals surface area contributed by atoms with Gasteiger partial charge in [0.25, 0.3) is 0 Å². The second-order valence-corrected chi connectivity index (χ2v) is 6.57. The molecule has 132 valence electrons. The van der Waals surface area contributed by atoms with Crippen LogP contribution in [0.3, 0.4) is 0 Å². The third-order valence-electron chi connectivity index (χ3n) is 4.71. The van der Waals surface area contributed by atoms with Crippen molar-refractivity contribution in [1.82, 2.24) is 25.2 Å². The number of hydrogen-bond acceptors (Lipinski definition) is 3. The normalized spacial score (nSPS) is 18.3. The summed E-state index contributed by atoms with van der Waals surface area (Å²) in [6, 6.07) is 14.2. The number of aromatic nitrogens is 3. The highest BCUT2D eigenvalue weighted by atomic mass is 16.2. The van der Waals surface area contributed by atoms with E-state index >= 15 is 0 Å². The molecule has 2 heterocycles. The van der Waals surface area contributed by atoms with Gasteiger partial charge in [0.15, 0.2) is 0 Å². The van der Waals surface area contributed by atoms with E-state index in [2.05, 4.69) is 44.9 Å². The highest BCUT2D eigenvalue weighted by Crippen LogP contribution is 2.46. The number of amides is 2. The number of nitrogens with zero attached hydrogens (tertiary/aromatic N) is 3. The number of hydrogen-bond donors (Lipinski definition) is 2. The maximum Gasteiger partial charge on any atom is 0.315 e. The van der Waals surface area contributed by atoms with Crippen molar-refractivity contribution in [2.24, 2.45) is 5.92 Å². The van der Waals surface area contributed by atoms with Crippen molar-refractivity contribution in [1.29, 1.82) is 0 Å². The van der Waals surface area contributed by atoms with E-state index in [0.717, 1.165) is 17.8 Å². The Kier molecular flexibility index (Phi) is 4.64. The number of nitrogens with one attached hydrogen (secondary N) is 2. The summed E-state index contributed by atoms with van der Waals surface area (Å²) < 4.78 is 1.84. The molecule has 0 spiro atoms. The largest absolute Gasteiger partial charge is 0.338 e. The molecule has 3 aromatic rings. The summed E-state index contributed by atoms with van der Waals surface area (Å²) >= 11 is 0. The average molecular weight is 347 g/mol. The van der Waals surface area contributed by atoms with Crippen LogP contribution in [0, 0.1) is 5.92 Å². The molecule has 2 amide bonds. The van der Waals surface area contributed by atoms with Crippen LogP contribution < -0.4 is 10.6 Å². The first kappa shape index (κ1) is 16.3. The highest BCUT2D eigenvalue weighted by Gasteiger charge is 2.37. The molecule has 1 fully saturated rings. The fourth-order valence-electron chi connectivity index (χ4n) is 3.12. The van der Waals surface area contributed by atoms with Crippen LogP contribution >= 0.6 is 0 Å². The molecule has 26 heavy (non-hydrogen) atoms. The Hall–Kier alpha value is -3.15. The smallest absolute Gasteiger partial charge is 0.315 e. The standard InChI is InChI=1S/C20H21N5O/c26-20(24-13-17-10-18(17)16-4-2-1-3-5-16)23-12-15-6-7-19(22-11-15)25-9-8-21-14-25/h1-9,11,14,17-18H,10,12-13H2,(H2,23,24,26)/t17-,18+/m1/s1. The minimum atomic E-state index is -0.137. The first-order valence-electron chi connectivity index (χ1n) is 8.79. The lowest BCUT2D eigenvalue weighted by molar-refractivity contribution is 0.240. The van der Waals surface area contributed by atoms with Gasteiger partial charge in [-0.15, -0.1) is 0 Å². The molecule has 1 aliphatic rings. The van der Waals surface area contributed by atoms with Crippen molar-refractivity contribution in [3.63, 3.8) is 0 Å². The molecule has 1 saturated carbocycles. The van der Waals surface area contributed by atoms with Crippen molar-refractivity contribution in [3.8, 4) is 5.82 Å². The number of rotatable bonds is 6. The first-order chi connectivity index (χ1) is 12.8. The molecule has 0 aliphatic heterocycles. The molecule has 1 aliphatic carbocycles. The van der Waals surface area contributed by atoms with Crippen LogP contribution in [0.4, 0.5) is 4.79 Å². The molecule has 2 aromatic heterocycles. The Morgan fingerprint density at radius 1 is 1.15 bits per heavy atom. The predicted molar refractivity (Wildman–Crippen MR) is 98.9 cm³/mol. The Balaban J connectivity index is 1.20. The van der Waals surface area contributed by atoms with E-state index in [4.69, 9.17) is 0 Å². The fraction of sp³-hybridized carbons (Fsp3) is 0.250. The predicted octanol–water partition coefficient (Wildman–Crippen LogP) is 2.87. The van der Waals surface area contributed by atoms with Crippen molar-refractivity contribution in [2.45, 2.75) is 18.9 Å². The summed E-state index contributed by atoms with van der Waals surface area (Å²) in [7, 11) is 0. The number of urea groups is 1. The van der Waals surface area contributed by atoms with E-state index in [1.807, 2.05) is 29.0 Å². The van der Waals surface area contributed by atoms with E-state index in [9.17, 15) is 4.79 Å². The van der Waals surface area contributed by atoms with Gasteiger partial charge in [0.1, 0.15) is 12.1 Å². The molecular formula is C20H21N5O. The van der Waals surface area contributed by atoms with Crippen LogP contribution in [0.1, 0.15) is 23.5 Å². The van der Waals surface area contributed by atoms with E-state index < -0.39 is 0 Å². The van der Waals surface area contributed by atoms with E-state index in [1.54, 1.807) is 18.7 Å². The molecule has 1 aromatic carbocycles. The van der Waals surface area contributed by atoms with E-state index in [0.29, 0.717) is 24.9 Å². The second kappa shape index (κ2) is 7.39. The lowest BCUT2D eigenvalue weighted by Crippen LogP contribution is -2.36. The Morgan fingerprint density at radius 3 is 2.77 bits per heavy atom.